The van der Waals surface area contributed by atoms with Crippen LogP contribution < -0.4 is 10.5 Å². The Kier molecular flexibility index (Phi) is 5.03. The number of nitrogens with one attached hydrogen (secondary N) is 1. The van der Waals surface area contributed by atoms with Crippen molar-refractivity contribution in [3.05, 3.63) is 22.2 Å². The molecule has 1 aromatic carbocycles. The van der Waals surface area contributed by atoms with Gasteiger partial charge in [-0.3, -0.25) is 0 Å². The molecule has 0 radical (unpaired) electrons. The van der Waals surface area contributed by atoms with Gasteiger partial charge >= 0.3 is 0 Å². The fourth-order valence-corrected chi connectivity index (χ4v) is 4.42. The van der Waals surface area contributed by atoms with Crippen molar-refractivity contribution in [2.24, 2.45) is 0 Å². The molecule has 0 spiro atoms. The van der Waals surface area contributed by atoms with E-state index in [4.69, 9.17) is 5.73 Å². The molecule has 0 atom stereocenters. The summed E-state index contributed by atoms with van der Waals surface area (Å²) in [6.45, 7) is 7.50. The molecule has 1 rings (SSSR count). The highest BCUT2D eigenvalue weighted by molar-refractivity contribution is 9.10. The lowest BCUT2D eigenvalue weighted by Gasteiger charge is -2.26. The van der Waals surface area contributed by atoms with E-state index in [1.54, 1.807) is 19.1 Å². The van der Waals surface area contributed by atoms with E-state index in [0.717, 1.165) is 12.8 Å². The van der Waals surface area contributed by atoms with Gasteiger partial charge in [-0.1, -0.05) is 29.3 Å². The molecule has 0 amide bonds. The number of hydrogen-bond donors (Lipinski definition) is 2. The summed E-state index contributed by atoms with van der Waals surface area (Å²) < 4.78 is 28.3. The second-order valence-corrected chi connectivity index (χ2v) is 7.92. The van der Waals surface area contributed by atoms with E-state index >= 15 is 0 Å². The monoisotopic (exact) mass is 348 g/mol. The molecule has 0 heterocycles. The summed E-state index contributed by atoms with van der Waals surface area (Å²) in [5.74, 6) is 0. The van der Waals surface area contributed by atoms with E-state index in [1.165, 1.54) is 0 Å². The quantitative estimate of drug-likeness (QED) is 0.802. The van der Waals surface area contributed by atoms with Gasteiger partial charge in [0.1, 0.15) is 0 Å². The van der Waals surface area contributed by atoms with Crippen molar-refractivity contribution in [3.63, 3.8) is 0 Å². The maximum absolute atomic E-state index is 12.5. The van der Waals surface area contributed by atoms with Crippen molar-refractivity contribution < 1.29 is 8.42 Å². The van der Waals surface area contributed by atoms with E-state index in [1.807, 2.05) is 20.8 Å². The minimum atomic E-state index is -3.58. The first-order valence-electron chi connectivity index (χ1n) is 6.18. The van der Waals surface area contributed by atoms with Crippen LogP contribution in [0.25, 0.3) is 0 Å². The number of rotatable bonds is 5. The first-order chi connectivity index (χ1) is 8.59. The topological polar surface area (TPSA) is 72.2 Å². The molecule has 0 aliphatic carbocycles. The number of anilines is 1. The fraction of sp³-hybridized carbons (Fsp3) is 0.538. The lowest BCUT2D eigenvalue weighted by molar-refractivity contribution is 0.417. The molecule has 0 unspecified atom stereocenters. The first kappa shape index (κ1) is 16.5. The zero-order valence-corrected chi connectivity index (χ0v) is 14.2. The summed E-state index contributed by atoms with van der Waals surface area (Å²) >= 11 is 3.28. The molecule has 4 nitrogen and oxygen atoms in total. The van der Waals surface area contributed by atoms with Crippen LogP contribution >= 0.6 is 15.9 Å². The minimum Gasteiger partial charge on any atom is -0.398 e. The average molecular weight is 349 g/mol. The predicted molar refractivity (Wildman–Crippen MR) is 82.6 cm³/mol. The Morgan fingerprint density at radius 3 is 2.47 bits per heavy atom. The van der Waals surface area contributed by atoms with E-state index in [-0.39, 0.29) is 4.90 Å². The summed E-state index contributed by atoms with van der Waals surface area (Å²) in [7, 11) is -3.58. The molecule has 0 aliphatic heterocycles. The molecule has 0 aliphatic rings. The Bertz CT molecular complexity index is 568. The van der Waals surface area contributed by atoms with Crippen LogP contribution in [-0.4, -0.2) is 14.0 Å². The van der Waals surface area contributed by atoms with Crippen LogP contribution in [0.2, 0.25) is 0 Å². The molecular weight excluding hydrogens is 328 g/mol. The molecule has 3 N–H and O–H groups in total. The van der Waals surface area contributed by atoms with Crippen LogP contribution in [0.15, 0.2) is 21.5 Å². The highest BCUT2D eigenvalue weighted by Gasteiger charge is 2.27. The standard InChI is InChI=1S/C13H21BrN2O2S/c1-5-6-13(3,4)16-19(17,18)12-8-10(14)7-11(15)9(12)2/h7-8,16H,5-6,15H2,1-4H3. The van der Waals surface area contributed by atoms with Crippen LogP contribution in [-0.2, 0) is 10.0 Å². The van der Waals surface area contributed by atoms with Gasteiger partial charge in [0.15, 0.2) is 0 Å². The zero-order valence-electron chi connectivity index (χ0n) is 11.7. The second kappa shape index (κ2) is 5.81. The number of hydrogen-bond acceptors (Lipinski definition) is 3. The highest BCUT2D eigenvalue weighted by atomic mass is 79.9. The maximum Gasteiger partial charge on any atom is 0.241 e. The normalized spacial score (nSPS) is 12.7. The van der Waals surface area contributed by atoms with Gasteiger partial charge in [0.25, 0.3) is 0 Å². The predicted octanol–water partition coefficient (Wildman–Crippen LogP) is 3.20. The van der Waals surface area contributed by atoms with Crippen LogP contribution in [0.4, 0.5) is 5.69 Å². The second-order valence-electron chi connectivity index (χ2n) is 5.36. The summed E-state index contributed by atoms with van der Waals surface area (Å²) in [5.41, 5.74) is 6.38. The molecule has 1 aromatic rings. The molecule has 6 heteroatoms. The molecule has 0 saturated heterocycles. The van der Waals surface area contributed by atoms with Gasteiger partial charge in [0.2, 0.25) is 10.0 Å². The van der Waals surface area contributed by atoms with Gasteiger partial charge in [-0.15, -0.1) is 0 Å². The van der Waals surface area contributed by atoms with Gasteiger partial charge in [-0.05, 0) is 44.9 Å². The zero-order chi connectivity index (χ0) is 14.8. The van der Waals surface area contributed by atoms with Crippen molar-refractivity contribution in [2.45, 2.75) is 51.0 Å². The van der Waals surface area contributed by atoms with Crippen LogP contribution in [0.5, 0.6) is 0 Å². The molecule has 0 saturated carbocycles. The van der Waals surface area contributed by atoms with Gasteiger partial charge in [-0.25, -0.2) is 13.1 Å². The lowest BCUT2D eigenvalue weighted by Crippen LogP contribution is -2.43. The smallest absolute Gasteiger partial charge is 0.241 e. The highest BCUT2D eigenvalue weighted by Crippen LogP contribution is 2.27. The van der Waals surface area contributed by atoms with Crippen LogP contribution in [0, 0.1) is 6.92 Å². The largest absolute Gasteiger partial charge is 0.398 e. The molecule has 0 bridgehead atoms. The summed E-state index contributed by atoms with van der Waals surface area (Å²) in [5, 5.41) is 0. The van der Waals surface area contributed by atoms with E-state index in [9.17, 15) is 8.42 Å². The van der Waals surface area contributed by atoms with Gasteiger partial charge in [0.05, 0.1) is 4.90 Å². The van der Waals surface area contributed by atoms with Gasteiger partial charge < -0.3 is 5.73 Å². The molecule has 108 valence electrons. The van der Waals surface area contributed by atoms with E-state index in [0.29, 0.717) is 15.7 Å². The van der Waals surface area contributed by atoms with Crippen LogP contribution in [0.3, 0.4) is 0 Å². The average Bonchev–Trinajstić information content (AvgIpc) is 2.21. The number of nitrogens with two attached hydrogens (primary N) is 1. The number of nitrogen functional groups attached to an aromatic ring is 1. The Hall–Kier alpha value is -0.590. The molecule has 0 aromatic heterocycles. The third-order valence-corrected chi connectivity index (χ3v) is 5.22. The minimum absolute atomic E-state index is 0.226. The first-order valence-corrected chi connectivity index (χ1v) is 8.46. The maximum atomic E-state index is 12.5. The summed E-state index contributed by atoms with van der Waals surface area (Å²) in [6.07, 6.45) is 1.68. The van der Waals surface area contributed by atoms with Gasteiger partial charge in [-0.2, -0.15) is 0 Å². The number of sulfonamides is 1. The van der Waals surface area contributed by atoms with Crippen molar-refractivity contribution in [1.82, 2.24) is 4.72 Å². The Labute approximate surface area is 124 Å². The third-order valence-electron chi connectivity index (χ3n) is 2.94. The van der Waals surface area contributed by atoms with Crippen molar-refractivity contribution in [3.8, 4) is 0 Å². The summed E-state index contributed by atoms with van der Waals surface area (Å²) in [4.78, 5) is 0.226. The summed E-state index contributed by atoms with van der Waals surface area (Å²) in [6, 6.07) is 3.28. The Morgan fingerprint density at radius 2 is 1.95 bits per heavy atom. The SMILES string of the molecule is CCCC(C)(C)NS(=O)(=O)c1cc(Br)cc(N)c1C. The van der Waals surface area contributed by atoms with Crippen molar-refractivity contribution in [2.75, 3.05) is 5.73 Å². The van der Waals surface area contributed by atoms with Crippen LogP contribution in [0.1, 0.15) is 39.2 Å². The fourth-order valence-electron chi connectivity index (χ4n) is 2.05. The molecule has 19 heavy (non-hydrogen) atoms. The third kappa shape index (κ3) is 4.19. The van der Waals surface area contributed by atoms with E-state index < -0.39 is 15.6 Å². The lowest BCUT2D eigenvalue weighted by atomic mass is 10.0. The number of halogens is 1. The Balaban J connectivity index is 3.22. The number of benzene rings is 1. The molecule has 0 fully saturated rings. The Morgan fingerprint density at radius 1 is 1.37 bits per heavy atom. The molecular formula is C13H21BrN2O2S. The van der Waals surface area contributed by atoms with E-state index in [2.05, 4.69) is 20.7 Å². The van der Waals surface area contributed by atoms with Crippen molar-refractivity contribution >= 4 is 31.6 Å². The van der Waals surface area contributed by atoms with Crippen molar-refractivity contribution in [1.29, 1.82) is 0 Å². The van der Waals surface area contributed by atoms with Gasteiger partial charge in [0, 0.05) is 15.7 Å².